The second-order valence-electron chi connectivity index (χ2n) is 15.7. The van der Waals surface area contributed by atoms with Crippen LogP contribution in [0, 0.1) is 0 Å². The van der Waals surface area contributed by atoms with Crippen LogP contribution in [0.4, 0.5) is 0 Å². The third kappa shape index (κ3) is 4.16. The molecule has 0 unspecified atom stereocenters. The van der Waals surface area contributed by atoms with Crippen molar-refractivity contribution in [2.24, 2.45) is 0 Å². The lowest BCUT2D eigenvalue weighted by Crippen LogP contribution is -2.04. The number of hydrogen-bond acceptors (Lipinski definition) is 3. The van der Waals surface area contributed by atoms with E-state index in [4.69, 9.17) is 9.97 Å². The van der Waals surface area contributed by atoms with Gasteiger partial charge in [-0.05, 0) is 59.0 Å². The Labute approximate surface area is 340 Å². The van der Waals surface area contributed by atoms with E-state index in [1.54, 1.807) is 0 Å². The molecule has 0 aliphatic carbocycles. The average molecular weight is 767 g/mol. The van der Waals surface area contributed by atoms with Crippen LogP contribution in [-0.2, 0) is 0 Å². The fourth-order valence-corrected chi connectivity index (χ4v) is 11.3. The van der Waals surface area contributed by atoms with Gasteiger partial charge in [0, 0.05) is 68.8 Å². The number of para-hydroxylation sites is 2. The first-order chi connectivity index (χ1) is 29.3. The third-order valence-electron chi connectivity index (χ3n) is 12.6. The highest BCUT2D eigenvalue weighted by molar-refractivity contribution is 7.26. The van der Waals surface area contributed by atoms with Crippen molar-refractivity contribution in [3.05, 3.63) is 182 Å². The first-order valence-electron chi connectivity index (χ1n) is 20.1. The topological polar surface area (TPSA) is 35.1 Å². The summed E-state index contributed by atoms with van der Waals surface area (Å²) in [5.41, 5.74) is 11.1. The van der Waals surface area contributed by atoms with Gasteiger partial charge in [-0.25, -0.2) is 9.97 Å². The van der Waals surface area contributed by atoms with Crippen LogP contribution in [0.15, 0.2) is 182 Å². The van der Waals surface area contributed by atoms with Gasteiger partial charge in [0.1, 0.15) is 0 Å². The van der Waals surface area contributed by atoms with E-state index >= 15 is 0 Å². The van der Waals surface area contributed by atoms with Crippen LogP contribution < -0.4 is 0 Å². The minimum atomic E-state index is 0.661. The number of rotatable bonds is 3. The lowest BCUT2D eigenvalue weighted by atomic mass is 9.98. The minimum Gasteiger partial charge on any atom is -0.308 e. The standard InChI is InChI=1S/C54H30N4S/c1-2-13-31(14-3-1)33-16-10-17-34(29-33)51-40-28-27-32-15-4-5-18-35(32)52(40)56-54(55-51)58-43-25-12-24-42-49(43)50-44(58)30-46-47(38-20-7-9-26-45(38)59-46)48(50)39-22-11-21-37-36-19-6-8-23-41(36)57(42)53(37)39/h1-30H. The summed E-state index contributed by atoms with van der Waals surface area (Å²) >= 11 is 1.87. The van der Waals surface area contributed by atoms with Crippen molar-refractivity contribution in [1.29, 1.82) is 0 Å². The van der Waals surface area contributed by atoms with Crippen LogP contribution in [0.1, 0.15) is 0 Å². The molecule has 9 aromatic carbocycles. The van der Waals surface area contributed by atoms with Gasteiger partial charge in [0.2, 0.25) is 5.95 Å². The van der Waals surface area contributed by atoms with Gasteiger partial charge in [0.15, 0.2) is 0 Å². The maximum Gasteiger partial charge on any atom is 0.235 e. The van der Waals surface area contributed by atoms with E-state index in [9.17, 15) is 0 Å². The molecular formula is C54H30N4S. The number of aromatic nitrogens is 4. The van der Waals surface area contributed by atoms with Gasteiger partial charge in [-0.2, -0.15) is 0 Å². The van der Waals surface area contributed by atoms with E-state index in [0.717, 1.165) is 49.5 Å². The Bertz CT molecular complexity index is 4080. The summed E-state index contributed by atoms with van der Waals surface area (Å²) in [5.74, 6) is 0.661. The Morgan fingerprint density at radius 1 is 0.373 bits per heavy atom. The van der Waals surface area contributed by atoms with E-state index in [0.29, 0.717) is 5.95 Å². The summed E-state index contributed by atoms with van der Waals surface area (Å²) < 4.78 is 7.41. The average Bonchev–Trinajstić information content (AvgIpc) is 3.93. The van der Waals surface area contributed by atoms with Crippen molar-refractivity contribution in [3.63, 3.8) is 0 Å². The maximum atomic E-state index is 5.65. The summed E-state index contributed by atoms with van der Waals surface area (Å²) in [7, 11) is 0. The molecule has 0 bridgehead atoms. The van der Waals surface area contributed by atoms with Crippen molar-refractivity contribution in [3.8, 4) is 28.3 Å². The molecular weight excluding hydrogens is 737 g/mol. The molecule has 0 N–H and O–H groups in total. The van der Waals surface area contributed by atoms with E-state index in [1.807, 2.05) is 11.3 Å². The van der Waals surface area contributed by atoms with Crippen LogP contribution in [0.2, 0.25) is 0 Å². The Hall–Kier alpha value is -7.60. The van der Waals surface area contributed by atoms with Gasteiger partial charge in [0.05, 0.1) is 38.8 Å². The number of hydrogen-bond donors (Lipinski definition) is 0. The van der Waals surface area contributed by atoms with Gasteiger partial charge in [-0.15, -0.1) is 11.3 Å². The van der Waals surface area contributed by atoms with Crippen LogP contribution in [0.25, 0.3) is 130 Å². The van der Waals surface area contributed by atoms with Crippen molar-refractivity contribution in [2.45, 2.75) is 0 Å². The largest absolute Gasteiger partial charge is 0.308 e. The zero-order valence-electron chi connectivity index (χ0n) is 31.5. The summed E-state index contributed by atoms with van der Waals surface area (Å²) in [6.07, 6.45) is 0. The third-order valence-corrected chi connectivity index (χ3v) is 13.7. The van der Waals surface area contributed by atoms with Crippen LogP contribution in [0.3, 0.4) is 0 Å². The van der Waals surface area contributed by atoms with E-state index in [1.165, 1.54) is 74.6 Å². The second-order valence-corrected chi connectivity index (χ2v) is 16.8. The molecule has 5 heteroatoms. The van der Waals surface area contributed by atoms with Crippen molar-refractivity contribution >= 4 is 113 Å². The molecule has 0 aliphatic heterocycles. The molecule has 5 heterocycles. The molecule has 4 nitrogen and oxygen atoms in total. The lowest BCUT2D eigenvalue weighted by molar-refractivity contribution is 1.02. The minimum absolute atomic E-state index is 0.661. The SMILES string of the molecule is c1ccc(-c2cccc(-c3nc(-n4c5cc6sc7ccccc7c6c6c7cccc8c9ccccc9n(c9cccc4c9c65)c87)nc4c3ccc3ccccc34)c2)cc1. The van der Waals surface area contributed by atoms with Crippen molar-refractivity contribution in [1.82, 2.24) is 18.9 Å². The molecule has 272 valence electrons. The predicted molar refractivity (Wildman–Crippen MR) is 250 cm³/mol. The Morgan fingerprint density at radius 3 is 2.00 bits per heavy atom. The first-order valence-corrected chi connectivity index (χ1v) is 20.9. The molecule has 0 radical (unpaired) electrons. The molecule has 0 saturated carbocycles. The highest BCUT2D eigenvalue weighted by atomic mass is 32.1. The van der Waals surface area contributed by atoms with Crippen LogP contribution >= 0.6 is 11.3 Å². The van der Waals surface area contributed by atoms with Crippen molar-refractivity contribution in [2.75, 3.05) is 0 Å². The van der Waals surface area contributed by atoms with Gasteiger partial charge in [0.25, 0.3) is 0 Å². The van der Waals surface area contributed by atoms with Gasteiger partial charge in [-0.1, -0.05) is 140 Å². The Balaban J connectivity index is 1.21. The van der Waals surface area contributed by atoms with Crippen LogP contribution in [-0.4, -0.2) is 18.9 Å². The number of thiophene rings is 1. The summed E-state index contributed by atoms with van der Waals surface area (Å²) in [6, 6.07) is 66.2. The summed E-state index contributed by atoms with van der Waals surface area (Å²) in [6.45, 7) is 0. The molecule has 0 fully saturated rings. The van der Waals surface area contributed by atoms with Gasteiger partial charge >= 0.3 is 0 Å². The van der Waals surface area contributed by atoms with Gasteiger partial charge < -0.3 is 4.40 Å². The number of benzene rings is 9. The number of fused-ring (bicyclic) bond motifs is 12. The zero-order chi connectivity index (χ0) is 38.3. The van der Waals surface area contributed by atoms with E-state index in [-0.39, 0.29) is 0 Å². The smallest absolute Gasteiger partial charge is 0.235 e. The molecule has 0 spiro atoms. The van der Waals surface area contributed by atoms with Crippen molar-refractivity contribution < 1.29 is 0 Å². The molecule has 0 aliphatic rings. The quantitative estimate of drug-likeness (QED) is 0.168. The Kier molecular flexibility index (Phi) is 6.14. The monoisotopic (exact) mass is 766 g/mol. The highest BCUT2D eigenvalue weighted by Crippen LogP contribution is 2.49. The fourth-order valence-electron chi connectivity index (χ4n) is 10.2. The molecule has 0 saturated heterocycles. The van der Waals surface area contributed by atoms with Gasteiger partial charge in [-0.3, -0.25) is 4.57 Å². The maximum absolute atomic E-state index is 5.65. The van der Waals surface area contributed by atoms with E-state index < -0.39 is 0 Å². The zero-order valence-corrected chi connectivity index (χ0v) is 32.3. The molecule has 59 heavy (non-hydrogen) atoms. The summed E-state index contributed by atoms with van der Waals surface area (Å²) in [4.78, 5) is 11.3. The molecule has 0 amide bonds. The van der Waals surface area contributed by atoms with Crippen LogP contribution in [0.5, 0.6) is 0 Å². The molecule has 0 atom stereocenters. The second kappa shape index (κ2) is 11.5. The molecule has 5 aromatic heterocycles. The highest BCUT2D eigenvalue weighted by Gasteiger charge is 2.26. The Morgan fingerprint density at radius 2 is 1.07 bits per heavy atom. The lowest BCUT2D eigenvalue weighted by Gasteiger charge is -2.14. The molecule has 14 aromatic rings. The molecule has 14 rings (SSSR count). The summed E-state index contributed by atoms with van der Waals surface area (Å²) in [5, 5.41) is 13.4. The first kappa shape index (κ1) is 31.5. The van der Waals surface area contributed by atoms with E-state index in [2.05, 4.69) is 191 Å². The fraction of sp³-hybridized carbons (Fsp3) is 0. The number of nitrogens with zero attached hydrogens (tertiary/aromatic N) is 4. The predicted octanol–water partition coefficient (Wildman–Crippen LogP) is 14.7. The normalized spacial score (nSPS) is 12.4.